The quantitative estimate of drug-likeness (QED) is 0.527. The third-order valence-electron chi connectivity index (χ3n) is 0.598. The van der Waals surface area contributed by atoms with Crippen LogP contribution in [0.25, 0.3) is 0 Å². The molecule has 0 spiro atoms. The van der Waals surface area contributed by atoms with Crippen LogP contribution in [0.5, 0.6) is 5.75 Å². The van der Waals surface area contributed by atoms with Gasteiger partial charge < -0.3 is 14.2 Å². The van der Waals surface area contributed by atoms with Crippen LogP contribution >= 0.6 is 0 Å². The number of aromatic nitrogens is 1. The lowest BCUT2D eigenvalue weighted by Gasteiger charge is -1.88. The van der Waals surface area contributed by atoms with Gasteiger partial charge in [0.1, 0.15) is 6.20 Å². The maximum absolute atomic E-state index is 8.02. The summed E-state index contributed by atoms with van der Waals surface area (Å²) in [5.74, 6) is 0.382. The Labute approximate surface area is 46.4 Å². The highest BCUT2D eigenvalue weighted by Crippen LogP contribution is 2.04. The van der Waals surface area contributed by atoms with Crippen LogP contribution in [-0.2, 0) is 0 Å². The lowest BCUT2D eigenvalue weighted by molar-refractivity contribution is 0.410. The van der Waals surface area contributed by atoms with Crippen LogP contribution in [0, 0.1) is 0 Å². The highest BCUT2D eigenvalue weighted by Gasteiger charge is 1.93. The Morgan fingerprint density at radius 1 is 1.88 bits per heavy atom. The van der Waals surface area contributed by atoms with Gasteiger partial charge in [-0.25, -0.2) is 0 Å². The minimum atomic E-state index is 0.382. The summed E-state index contributed by atoms with van der Waals surface area (Å²) in [5, 5.41) is 11.3. The lowest BCUT2D eigenvalue weighted by Crippen LogP contribution is -1.97. The van der Waals surface area contributed by atoms with E-state index in [0.717, 1.165) is 0 Å². The van der Waals surface area contributed by atoms with Crippen LogP contribution in [0.4, 0.5) is 0 Å². The monoisotopic (exact) mass is 112 g/mol. The predicted molar refractivity (Wildman–Crippen MR) is 25.1 cm³/mol. The molecule has 0 saturated heterocycles. The molecule has 0 unspecified atom stereocenters. The molecule has 1 heterocycles. The van der Waals surface area contributed by atoms with E-state index in [1.165, 1.54) is 12.5 Å². The molecular formula is C3H3BNO3. The van der Waals surface area contributed by atoms with Gasteiger partial charge in [-0.3, -0.25) is 0 Å². The van der Waals surface area contributed by atoms with Gasteiger partial charge >= 0.3 is 7.69 Å². The van der Waals surface area contributed by atoms with E-state index in [-0.39, 0.29) is 0 Å². The fourth-order valence-corrected chi connectivity index (χ4v) is 0.314. The Morgan fingerprint density at radius 2 is 2.75 bits per heavy atom. The van der Waals surface area contributed by atoms with E-state index >= 15 is 0 Å². The van der Waals surface area contributed by atoms with Crippen molar-refractivity contribution in [2.75, 3.05) is 0 Å². The Kier molecular flexibility index (Phi) is 1.53. The summed E-state index contributed by atoms with van der Waals surface area (Å²) in [6.07, 6.45) is 2.61. The Morgan fingerprint density at radius 3 is 3.25 bits per heavy atom. The molecule has 0 fully saturated rings. The molecule has 0 aliphatic rings. The third kappa shape index (κ3) is 1.00. The number of rotatable bonds is 2. The van der Waals surface area contributed by atoms with Crippen molar-refractivity contribution in [3.63, 3.8) is 0 Å². The molecule has 1 aromatic heterocycles. The molecule has 0 aliphatic carbocycles. The van der Waals surface area contributed by atoms with Crippen molar-refractivity contribution in [1.82, 2.24) is 5.16 Å². The maximum Gasteiger partial charge on any atom is 0.569 e. The Balaban J connectivity index is 2.50. The zero-order valence-electron chi connectivity index (χ0n) is 3.94. The van der Waals surface area contributed by atoms with Crippen LogP contribution in [0.1, 0.15) is 0 Å². The summed E-state index contributed by atoms with van der Waals surface area (Å²) in [7, 11) is 0.562. The Bertz CT molecular complexity index is 140. The fraction of sp³-hybridized carbons (Fsp3) is 0. The molecule has 0 bridgehead atoms. The summed E-state index contributed by atoms with van der Waals surface area (Å²) >= 11 is 0. The summed E-state index contributed by atoms with van der Waals surface area (Å²) in [6.45, 7) is 0. The van der Waals surface area contributed by atoms with Crippen molar-refractivity contribution in [3.8, 4) is 5.75 Å². The molecule has 8 heavy (non-hydrogen) atoms. The SMILES string of the molecule is O[B]Oc1cnoc1. The fourth-order valence-electron chi connectivity index (χ4n) is 0.314. The number of nitrogens with zero attached hydrogens (tertiary/aromatic N) is 1. The first kappa shape index (κ1) is 5.18. The molecule has 0 amide bonds. The smallest absolute Gasteiger partial charge is 0.534 e. The minimum Gasteiger partial charge on any atom is -0.534 e. The van der Waals surface area contributed by atoms with E-state index in [4.69, 9.17) is 5.02 Å². The third-order valence-corrected chi connectivity index (χ3v) is 0.598. The molecule has 1 rings (SSSR count). The largest absolute Gasteiger partial charge is 0.569 e. The zero-order valence-corrected chi connectivity index (χ0v) is 3.94. The van der Waals surface area contributed by atoms with Crippen molar-refractivity contribution in [1.29, 1.82) is 0 Å². The van der Waals surface area contributed by atoms with Crippen LogP contribution in [0.3, 0.4) is 0 Å². The van der Waals surface area contributed by atoms with E-state index in [1.807, 2.05) is 0 Å². The van der Waals surface area contributed by atoms with Crippen molar-refractivity contribution in [2.45, 2.75) is 0 Å². The van der Waals surface area contributed by atoms with Crippen molar-refractivity contribution < 1.29 is 14.2 Å². The zero-order chi connectivity index (χ0) is 5.82. The van der Waals surface area contributed by atoms with Gasteiger partial charge in [-0.2, -0.15) is 0 Å². The molecule has 0 atom stereocenters. The first-order valence-corrected chi connectivity index (χ1v) is 1.95. The summed E-state index contributed by atoms with van der Waals surface area (Å²) in [5.41, 5.74) is 0. The minimum absolute atomic E-state index is 0.382. The van der Waals surface area contributed by atoms with Gasteiger partial charge in [-0.15, -0.1) is 0 Å². The average molecular weight is 112 g/mol. The summed E-state index contributed by atoms with van der Waals surface area (Å²) in [6, 6.07) is 0. The van der Waals surface area contributed by atoms with E-state index in [1.54, 1.807) is 0 Å². The summed E-state index contributed by atoms with van der Waals surface area (Å²) in [4.78, 5) is 0. The van der Waals surface area contributed by atoms with E-state index < -0.39 is 0 Å². The highest BCUT2D eigenvalue weighted by molar-refractivity contribution is 6.17. The topological polar surface area (TPSA) is 55.5 Å². The maximum atomic E-state index is 8.02. The lowest BCUT2D eigenvalue weighted by atomic mass is 10.4. The van der Waals surface area contributed by atoms with Crippen LogP contribution < -0.4 is 4.65 Å². The van der Waals surface area contributed by atoms with Gasteiger partial charge in [0, 0.05) is 0 Å². The predicted octanol–water partition coefficient (Wildman–Crippen LogP) is -0.420. The van der Waals surface area contributed by atoms with Crippen molar-refractivity contribution in [2.24, 2.45) is 0 Å². The molecule has 0 aliphatic heterocycles. The second kappa shape index (κ2) is 2.37. The molecule has 0 saturated carbocycles. The van der Waals surface area contributed by atoms with Crippen molar-refractivity contribution in [3.05, 3.63) is 12.5 Å². The van der Waals surface area contributed by atoms with E-state index in [2.05, 4.69) is 14.3 Å². The second-order valence-electron chi connectivity index (χ2n) is 1.08. The van der Waals surface area contributed by atoms with Gasteiger partial charge in [0.2, 0.25) is 0 Å². The molecule has 41 valence electrons. The van der Waals surface area contributed by atoms with Crippen LogP contribution in [0.15, 0.2) is 17.0 Å². The molecule has 4 nitrogen and oxygen atoms in total. The van der Waals surface area contributed by atoms with E-state index in [0.29, 0.717) is 13.4 Å². The highest BCUT2D eigenvalue weighted by atomic mass is 16.5. The van der Waals surface area contributed by atoms with Gasteiger partial charge in [-0.05, 0) is 0 Å². The standard InChI is InChI=1S/C3H3BNO3/c6-4-8-3-1-5-7-2-3/h1-2,6H. The molecule has 1 aromatic rings. The second-order valence-corrected chi connectivity index (χ2v) is 1.08. The van der Waals surface area contributed by atoms with Gasteiger partial charge in [0.15, 0.2) is 12.0 Å². The molecule has 5 heteroatoms. The van der Waals surface area contributed by atoms with Gasteiger partial charge in [0.05, 0.1) is 0 Å². The summed E-state index contributed by atoms with van der Waals surface area (Å²) < 4.78 is 8.78. The number of hydrogen-bond acceptors (Lipinski definition) is 4. The molecule has 0 aromatic carbocycles. The van der Waals surface area contributed by atoms with Crippen LogP contribution in [0.2, 0.25) is 0 Å². The average Bonchev–Trinajstić information content (AvgIpc) is 2.19. The first-order chi connectivity index (χ1) is 3.93. The first-order valence-electron chi connectivity index (χ1n) is 1.95. The molecular weight excluding hydrogens is 109 g/mol. The van der Waals surface area contributed by atoms with E-state index in [9.17, 15) is 0 Å². The van der Waals surface area contributed by atoms with Gasteiger partial charge in [0.25, 0.3) is 0 Å². The normalized spacial score (nSPS) is 8.62. The molecule has 1 radical (unpaired) electrons. The Hall–Kier alpha value is -0.965. The van der Waals surface area contributed by atoms with Crippen molar-refractivity contribution >= 4 is 7.69 Å². The number of hydrogen-bond donors (Lipinski definition) is 1. The molecule has 1 N–H and O–H groups in total. The van der Waals surface area contributed by atoms with Gasteiger partial charge in [-0.1, -0.05) is 5.16 Å². The van der Waals surface area contributed by atoms with Crippen LogP contribution in [-0.4, -0.2) is 17.9 Å².